The van der Waals surface area contributed by atoms with Crippen LogP contribution in [0.15, 0.2) is 406 Å². The van der Waals surface area contributed by atoms with Crippen LogP contribution in [0.4, 0.5) is 68.2 Å². The molecule has 0 heterocycles. The Morgan fingerprint density at radius 1 is 0.173 bits per heavy atom. The molecule has 0 radical (unpaired) electrons. The summed E-state index contributed by atoms with van der Waals surface area (Å²) >= 11 is 0. The number of nitrogens with zero attached hydrogens (tertiary/aromatic N) is 4. The molecule has 104 heavy (non-hydrogen) atoms. The summed E-state index contributed by atoms with van der Waals surface area (Å²) in [7, 11) is 0. The molecule has 0 saturated heterocycles. The van der Waals surface area contributed by atoms with E-state index in [4.69, 9.17) is 0 Å². The van der Waals surface area contributed by atoms with Crippen LogP contribution >= 0.6 is 0 Å². The highest BCUT2D eigenvalue weighted by atomic mass is 15.2. The second-order valence-corrected chi connectivity index (χ2v) is 27.5. The third kappa shape index (κ3) is 9.97. The van der Waals surface area contributed by atoms with E-state index in [9.17, 15) is 0 Å². The minimum atomic E-state index is -0.650. The Balaban J connectivity index is 0.699. The lowest BCUT2D eigenvalue weighted by Crippen LogP contribution is -2.35. The maximum Gasteiger partial charge on any atom is 0.0720 e. The van der Waals surface area contributed by atoms with Gasteiger partial charge in [0.2, 0.25) is 0 Å². The first-order valence-corrected chi connectivity index (χ1v) is 36.0. The van der Waals surface area contributed by atoms with Crippen molar-refractivity contribution in [2.75, 3.05) is 19.6 Å². The Hall–Kier alpha value is -13.5. The first kappa shape index (κ1) is 60.4. The van der Waals surface area contributed by atoms with Crippen LogP contribution in [0.2, 0.25) is 0 Å². The molecule has 3 aliphatic carbocycles. The molecule has 4 heteroatoms. The Kier molecular flexibility index (Phi) is 14.5. The predicted molar refractivity (Wildman–Crippen MR) is 435 cm³/mol. The van der Waals surface area contributed by atoms with Gasteiger partial charge in [-0.05, 0) is 263 Å². The number of hydrogen-bond acceptors (Lipinski definition) is 4. The molecule has 0 aliphatic heterocycles. The number of fused-ring (bicyclic) bond motifs is 14. The van der Waals surface area contributed by atoms with Crippen LogP contribution < -0.4 is 19.6 Å². The fraction of sp³-hybridized carbons (Fsp3) is 0.0200. The van der Waals surface area contributed by atoms with Crippen molar-refractivity contribution in [1.82, 2.24) is 0 Å². The largest absolute Gasteiger partial charge is 0.311 e. The van der Waals surface area contributed by atoms with Gasteiger partial charge in [-0.1, -0.05) is 249 Å². The van der Waals surface area contributed by atoms with Crippen LogP contribution in [0.5, 0.6) is 0 Å². The van der Waals surface area contributed by atoms with E-state index >= 15 is 0 Å². The molecule has 0 bridgehead atoms. The summed E-state index contributed by atoms with van der Waals surface area (Å²) < 4.78 is 0. The number of hydrogen-bond donors (Lipinski definition) is 0. The highest BCUT2D eigenvalue weighted by Gasteiger charge is 2.54. The minimum absolute atomic E-state index is 0.111. The number of anilines is 12. The summed E-state index contributed by atoms with van der Waals surface area (Å²) in [5.74, 6) is 0.111. The zero-order valence-corrected chi connectivity index (χ0v) is 57.0. The number of rotatable bonds is 14. The van der Waals surface area contributed by atoms with Crippen molar-refractivity contribution in [1.29, 1.82) is 0 Å². The topological polar surface area (TPSA) is 13.0 Å². The molecule has 0 amide bonds. The third-order valence-corrected chi connectivity index (χ3v) is 21.9. The molecular weight excluding hydrogens is 1260 g/mol. The lowest BCUT2D eigenvalue weighted by atomic mass is 9.59. The molecule has 0 saturated carbocycles. The number of benzene rings is 17. The Bertz CT molecular complexity index is 5710. The van der Waals surface area contributed by atoms with Crippen molar-refractivity contribution < 1.29 is 0 Å². The van der Waals surface area contributed by atoms with Crippen molar-refractivity contribution in [3.8, 4) is 44.5 Å². The quantitative estimate of drug-likeness (QED) is 0.108. The van der Waals surface area contributed by atoms with Crippen LogP contribution in [0, 0.1) is 0 Å². The normalized spacial score (nSPS) is 13.2. The van der Waals surface area contributed by atoms with Gasteiger partial charge in [-0.3, -0.25) is 0 Å². The van der Waals surface area contributed by atoms with Gasteiger partial charge in [0.15, 0.2) is 0 Å². The second-order valence-electron chi connectivity index (χ2n) is 27.5. The minimum Gasteiger partial charge on any atom is -0.311 e. The monoisotopic (exact) mass is 1320 g/mol. The van der Waals surface area contributed by atoms with E-state index in [0.717, 1.165) is 79.4 Å². The van der Waals surface area contributed by atoms with Crippen LogP contribution in [-0.2, 0) is 5.41 Å². The van der Waals surface area contributed by atoms with E-state index < -0.39 is 5.41 Å². The van der Waals surface area contributed by atoms with E-state index in [2.05, 4.69) is 426 Å². The summed E-state index contributed by atoms with van der Waals surface area (Å²) in [6, 6.07) is 150. The van der Waals surface area contributed by atoms with E-state index in [1.807, 2.05) is 0 Å². The smallest absolute Gasteiger partial charge is 0.0720 e. The van der Waals surface area contributed by atoms with Crippen LogP contribution in [-0.4, -0.2) is 0 Å². The predicted octanol–water partition coefficient (Wildman–Crippen LogP) is 27.0. The van der Waals surface area contributed by atoms with Crippen LogP contribution in [0.1, 0.15) is 44.9 Å². The third-order valence-electron chi connectivity index (χ3n) is 21.9. The van der Waals surface area contributed by atoms with Crippen molar-refractivity contribution in [3.05, 3.63) is 445 Å². The maximum atomic E-state index is 2.54. The lowest BCUT2D eigenvalue weighted by molar-refractivity contribution is 0.704. The van der Waals surface area contributed by atoms with Crippen LogP contribution in [0.3, 0.4) is 0 Å². The zero-order chi connectivity index (χ0) is 68.7. The van der Waals surface area contributed by atoms with Gasteiger partial charge >= 0.3 is 0 Å². The van der Waals surface area contributed by atoms with Gasteiger partial charge in [0.25, 0.3) is 0 Å². The van der Waals surface area contributed by atoms with E-state index in [-0.39, 0.29) is 5.92 Å². The molecule has 1 atom stereocenters. The molecule has 0 fully saturated rings. The van der Waals surface area contributed by atoms with Gasteiger partial charge in [0, 0.05) is 74.2 Å². The first-order valence-electron chi connectivity index (χ1n) is 36.0. The summed E-state index contributed by atoms with van der Waals surface area (Å²) in [4.78, 5) is 9.42. The molecular formula is C100H68N4. The molecule has 1 spiro atoms. The summed E-state index contributed by atoms with van der Waals surface area (Å²) in [5.41, 5.74) is 31.7. The molecule has 17 aromatic carbocycles. The second kappa shape index (κ2) is 25.0. The van der Waals surface area contributed by atoms with Crippen molar-refractivity contribution in [3.63, 3.8) is 0 Å². The van der Waals surface area contributed by atoms with Gasteiger partial charge in [0.05, 0.1) is 5.41 Å². The lowest BCUT2D eigenvalue weighted by Gasteiger charge is -2.42. The fourth-order valence-electron chi connectivity index (χ4n) is 17.2. The van der Waals surface area contributed by atoms with E-state index in [1.54, 1.807) is 0 Å². The molecule has 3 aliphatic rings. The molecule has 20 rings (SSSR count). The Labute approximate surface area is 606 Å². The van der Waals surface area contributed by atoms with Crippen molar-refractivity contribution in [2.45, 2.75) is 11.3 Å². The highest BCUT2D eigenvalue weighted by molar-refractivity contribution is 5.97. The maximum absolute atomic E-state index is 2.54. The SMILES string of the molecule is c1ccc(N(c2ccccc2)c2ccc(N(c3ccc(-c4ccc5c(c4)C4(c6cc(-c7ccc(N(c8ccc(N(c9ccccc9)c9ccccc9)cc8)c8ccc9ccccc9c8)cc7)ccc6-5)c5ccccc5C5c6ccccc6-c6cccc4c65)cc3)c3ccc4ccccc4c3)cc2)cc1. The summed E-state index contributed by atoms with van der Waals surface area (Å²) in [6.07, 6.45) is 0. The molecule has 17 aromatic rings. The average molecular weight is 1330 g/mol. The molecule has 0 aromatic heterocycles. The van der Waals surface area contributed by atoms with Gasteiger partial charge in [-0.15, -0.1) is 0 Å². The molecule has 0 N–H and O–H groups in total. The Morgan fingerprint density at radius 3 is 0.913 bits per heavy atom. The molecule has 488 valence electrons. The van der Waals surface area contributed by atoms with Crippen LogP contribution in [0.25, 0.3) is 66.1 Å². The van der Waals surface area contributed by atoms with E-state index in [0.29, 0.717) is 0 Å². The van der Waals surface area contributed by atoms with E-state index in [1.165, 1.54) is 93.9 Å². The van der Waals surface area contributed by atoms with Crippen molar-refractivity contribution in [2.24, 2.45) is 0 Å². The highest BCUT2D eigenvalue weighted by Crippen LogP contribution is 2.66. The van der Waals surface area contributed by atoms with Gasteiger partial charge < -0.3 is 19.6 Å². The zero-order valence-electron chi connectivity index (χ0n) is 57.0. The first-order chi connectivity index (χ1) is 51.6. The molecule has 4 nitrogen and oxygen atoms in total. The number of para-hydroxylation sites is 4. The Morgan fingerprint density at radius 2 is 0.481 bits per heavy atom. The van der Waals surface area contributed by atoms with Gasteiger partial charge in [-0.25, -0.2) is 0 Å². The van der Waals surface area contributed by atoms with Gasteiger partial charge in [0.1, 0.15) is 0 Å². The molecule has 1 unspecified atom stereocenters. The average Bonchev–Trinajstić information content (AvgIpc) is 1.48. The standard InChI is InChI=1S/C100H68N4/c1-5-26-76(27-6-1)101(77-28-7-2-8-29-77)82-54-58-84(59-55-82)103(86-52-44-68-22-13-15-24-72(68)64-86)80-48-40-70(41-49-80)74-46-62-89-90-63-47-75(67-97(90)100(96(89)66-74)94-38-20-19-36-93(94)98-91-35-18-17-34-88(91)92-37-21-39-95(100)99(92)98)71-42-50-81(51-43-71)104(87-53-45-69-23-14-16-25-73(69)65-87)85-60-56-83(57-61-85)102(78-30-9-3-10-31-78)79-32-11-4-12-33-79/h1-67,98H. The summed E-state index contributed by atoms with van der Waals surface area (Å²) in [5, 5.41) is 4.80. The van der Waals surface area contributed by atoms with Gasteiger partial charge in [-0.2, -0.15) is 0 Å². The van der Waals surface area contributed by atoms with Crippen molar-refractivity contribution >= 4 is 89.8 Å². The summed E-state index contributed by atoms with van der Waals surface area (Å²) in [6.45, 7) is 0. The fourth-order valence-corrected chi connectivity index (χ4v) is 17.2.